The van der Waals surface area contributed by atoms with E-state index in [-0.39, 0.29) is 35.1 Å². The molecule has 0 radical (unpaired) electrons. The SMILES string of the molecule is CCC1CC(=O)C(C2=NS(=O)(=O)c3cc(NS(C)(=O)=O)ccc3N2)C(=O)N1Cc1ccc(F)cc1. The minimum atomic E-state index is -4.34. The Morgan fingerprint density at radius 1 is 1.17 bits per heavy atom. The summed E-state index contributed by atoms with van der Waals surface area (Å²) >= 11 is 0. The van der Waals surface area contributed by atoms with Gasteiger partial charge >= 0.3 is 0 Å². The van der Waals surface area contributed by atoms with E-state index in [0.717, 1.165) is 12.3 Å². The van der Waals surface area contributed by atoms with E-state index in [9.17, 15) is 30.8 Å². The number of hydrogen-bond acceptors (Lipinski definition) is 7. The highest BCUT2D eigenvalue weighted by atomic mass is 32.2. The molecule has 0 saturated carbocycles. The summed E-state index contributed by atoms with van der Waals surface area (Å²) in [6.45, 7) is 1.96. The summed E-state index contributed by atoms with van der Waals surface area (Å²) in [7, 11) is -7.98. The van der Waals surface area contributed by atoms with E-state index in [0.29, 0.717) is 12.0 Å². The predicted octanol–water partition coefficient (Wildman–Crippen LogP) is 2.11. The van der Waals surface area contributed by atoms with Crippen molar-refractivity contribution in [3.8, 4) is 0 Å². The van der Waals surface area contributed by atoms with Crippen molar-refractivity contribution < 1.29 is 30.8 Å². The number of sulfonamides is 2. The summed E-state index contributed by atoms with van der Waals surface area (Å²) in [5.41, 5.74) is 0.752. The maximum absolute atomic E-state index is 13.4. The van der Waals surface area contributed by atoms with Crippen molar-refractivity contribution in [2.75, 3.05) is 16.3 Å². The van der Waals surface area contributed by atoms with Crippen molar-refractivity contribution >= 4 is 48.9 Å². The molecule has 2 heterocycles. The second kappa shape index (κ2) is 9.04. The zero-order chi connectivity index (χ0) is 25.5. The number of carbonyl (C=O) groups excluding carboxylic acids is 2. The molecule has 2 aliphatic rings. The standard InChI is InChI=1S/C22H23FN4O6S2/c1-3-16-11-18(28)20(22(29)27(16)12-13-4-6-14(23)7-5-13)21-24-17-9-8-15(25-34(2,30)31)10-19(17)35(32,33)26-21/h4-10,16,20,25H,3,11-12H2,1-2H3,(H,24,26). The van der Waals surface area contributed by atoms with Gasteiger partial charge in [0.15, 0.2) is 11.7 Å². The lowest BCUT2D eigenvalue weighted by atomic mass is 9.87. The predicted molar refractivity (Wildman–Crippen MR) is 127 cm³/mol. The number of carbonyl (C=O) groups is 2. The van der Waals surface area contributed by atoms with Crippen LogP contribution >= 0.6 is 0 Å². The molecule has 1 amide bonds. The molecule has 0 aliphatic carbocycles. The van der Waals surface area contributed by atoms with Gasteiger partial charge in [0.25, 0.3) is 10.0 Å². The number of fused-ring (bicyclic) bond motifs is 1. The van der Waals surface area contributed by atoms with Gasteiger partial charge in [-0.1, -0.05) is 19.1 Å². The Balaban J connectivity index is 1.67. The Morgan fingerprint density at radius 3 is 2.49 bits per heavy atom. The van der Waals surface area contributed by atoms with E-state index in [4.69, 9.17) is 0 Å². The second-order valence-electron chi connectivity index (χ2n) is 8.42. The van der Waals surface area contributed by atoms with Gasteiger partial charge in [-0.3, -0.25) is 14.3 Å². The van der Waals surface area contributed by atoms with E-state index in [1.54, 1.807) is 12.1 Å². The lowest BCUT2D eigenvalue weighted by Gasteiger charge is -2.39. The van der Waals surface area contributed by atoms with Crippen LogP contribution in [0.25, 0.3) is 0 Å². The zero-order valence-electron chi connectivity index (χ0n) is 18.9. The van der Waals surface area contributed by atoms with E-state index < -0.39 is 49.5 Å². The average Bonchev–Trinajstić information content (AvgIpc) is 2.76. The summed E-state index contributed by atoms with van der Waals surface area (Å²) in [4.78, 5) is 27.6. The fourth-order valence-electron chi connectivity index (χ4n) is 4.15. The fraction of sp³-hybridized carbons (Fsp3) is 0.318. The van der Waals surface area contributed by atoms with Gasteiger partial charge in [0, 0.05) is 24.7 Å². The molecule has 0 aromatic heterocycles. The third-order valence-corrected chi connectivity index (χ3v) is 7.72. The number of hydrogen-bond donors (Lipinski definition) is 2. The van der Waals surface area contributed by atoms with Gasteiger partial charge in [0.1, 0.15) is 16.5 Å². The van der Waals surface area contributed by atoms with E-state index in [2.05, 4.69) is 14.4 Å². The molecule has 0 spiro atoms. The number of Topliss-reactive ketones (excluding diaryl/α,β-unsaturated/α-hetero) is 1. The minimum Gasteiger partial charge on any atom is -0.341 e. The van der Waals surface area contributed by atoms with Crippen LogP contribution in [0.15, 0.2) is 51.8 Å². The van der Waals surface area contributed by atoms with E-state index >= 15 is 0 Å². The maximum Gasteiger partial charge on any atom is 0.286 e. The number of amidine groups is 1. The van der Waals surface area contributed by atoms with Crippen LogP contribution in [0.5, 0.6) is 0 Å². The largest absolute Gasteiger partial charge is 0.341 e. The third-order valence-electron chi connectivity index (χ3n) is 5.78. The molecule has 0 bridgehead atoms. The number of anilines is 2. The molecule has 13 heteroatoms. The maximum atomic E-state index is 13.4. The number of nitrogens with one attached hydrogen (secondary N) is 2. The Kier molecular flexibility index (Phi) is 6.40. The first-order valence-electron chi connectivity index (χ1n) is 10.7. The normalized spacial score (nSPS) is 21.7. The molecule has 2 unspecified atom stereocenters. The number of likely N-dealkylation sites (tertiary alicyclic amines) is 1. The smallest absolute Gasteiger partial charge is 0.286 e. The number of nitrogens with zero attached hydrogens (tertiary/aromatic N) is 2. The first-order chi connectivity index (χ1) is 16.4. The molecule has 1 fully saturated rings. The fourth-order valence-corrected chi connectivity index (χ4v) is 5.89. The van der Waals surface area contributed by atoms with Crippen molar-refractivity contribution in [1.82, 2.24) is 4.90 Å². The highest BCUT2D eigenvalue weighted by Gasteiger charge is 2.45. The second-order valence-corrected chi connectivity index (χ2v) is 11.7. The van der Waals surface area contributed by atoms with Gasteiger partial charge in [-0.2, -0.15) is 8.42 Å². The van der Waals surface area contributed by atoms with Crippen LogP contribution in [-0.2, 0) is 36.2 Å². The monoisotopic (exact) mass is 522 g/mol. The topological polar surface area (TPSA) is 142 Å². The highest BCUT2D eigenvalue weighted by Crippen LogP contribution is 2.34. The van der Waals surface area contributed by atoms with Crippen LogP contribution in [0.3, 0.4) is 0 Å². The number of rotatable bonds is 6. The van der Waals surface area contributed by atoms with Crippen LogP contribution in [-0.4, -0.2) is 51.6 Å². The molecular formula is C22H23FN4O6S2. The molecule has 2 N–H and O–H groups in total. The summed E-state index contributed by atoms with van der Waals surface area (Å²) in [6, 6.07) is 9.03. The van der Waals surface area contributed by atoms with E-state index in [1.807, 2.05) is 6.92 Å². The summed E-state index contributed by atoms with van der Waals surface area (Å²) in [5, 5.41) is 2.77. The first-order valence-corrected chi connectivity index (χ1v) is 14.0. The quantitative estimate of drug-likeness (QED) is 0.553. The Hall–Kier alpha value is -3.32. The highest BCUT2D eigenvalue weighted by molar-refractivity contribution is 7.92. The van der Waals surface area contributed by atoms with Crippen molar-refractivity contribution in [3.63, 3.8) is 0 Å². The van der Waals surface area contributed by atoms with Gasteiger partial charge in [-0.25, -0.2) is 12.8 Å². The number of ketones is 1. The molecule has 186 valence electrons. The summed E-state index contributed by atoms with van der Waals surface area (Å²) in [6.07, 6.45) is 1.44. The Labute approximate surface area is 202 Å². The molecule has 2 aromatic carbocycles. The minimum absolute atomic E-state index is 0.0128. The summed E-state index contributed by atoms with van der Waals surface area (Å²) < 4.78 is 68.0. The molecule has 2 aliphatic heterocycles. The average molecular weight is 523 g/mol. The summed E-state index contributed by atoms with van der Waals surface area (Å²) in [5.74, 6) is -3.24. The molecule has 2 aromatic rings. The van der Waals surface area contributed by atoms with Crippen molar-refractivity contribution in [3.05, 3.63) is 53.8 Å². The van der Waals surface area contributed by atoms with E-state index in [1.165, 1.54) is 29.2 Å². The van der Waals surface area contributed by atoms with Crippen molar-refractivity contribution in [2.45, 2.75) is 37.2 Å². The molecule has 10 nitrogen and oxygen atoms in total. The van der Waals surface area contributed by atoms with Gasteiger partial charge in [0.05, 0.1) is 11.9 Å². The number of halogens is 1. The number of piperidine rings is 1. The van der Waals surface area contributed by atoms with Crippen molar-refractivity contribution in [2.24, 2.45) is 10.3 Å². The van der Waals surface area contributed by atoms with Crippen LogP contribution in [0.1, 0.15) is 25.3 Å². The van der Waals surface area contributed by atoms with Gasteiger partial charge in [-0.05, 0) is 42.3 Å². The van der Waals surface area contributed by atoms with Gasteiger partial charge < -0.3 is 10.2 Å². The lowest BCUT2D eigenvalue weighted by molar-refractivity contribution is -0.146. The lowest BCUT2D eigenvalue weighted by Crippen LogP contribution is -2.55. The van der Waals surface area contributed by atoms with Crippen LogP contribution in [0.4, 0.5) is 15.8 Å². The number of benzene rings is 2. The molecular weight excluding hydrogens is 499 g/mol. The third kappa shape index (κ3) is 5.20. The molecule has 35 heavy (non-hydrogen) atoms. The Morgan fingerprint density at radius 2 is 1.86 bits per heavy atom. The molecule has 2 atom stereocenters. The van der Waals surface area contributed by atoms with Gasteiger partial charge in [-0.15, -0.1) is 4.40 Å². The van der Waals surface area contributed by atoms with Gasteiger partial charge in [0.2, 0.25) is 15.9 Å². The molecule has 4 rings (SSSR count). The molecule has 1 saturated heterocycles. The first kappa shape index (κ1) is 24.8. The van der Waals surface area contributed by atoms with Crippen LogP contribution < -0.4 is 10.0 Å². The zero-order valence-corrected chi connectivity index (χ0v) is 20.5. The van der Waals surface area contributed by atoms with Crippen LogP contribution in [0, 0.1) is 11.7 Å². The van der Waals surface area contributed by atoms with Crippen LogP contribution in [0.2, 0.25) is 0 Å². The number of amides is 1. The van der Waals surface area contributed by atoms with Crippen molar-refractivity contribution in [1.29, 1.82) is 0 Å². The Bertz CT molecular complexity index is 1440.